The van der Waals surface area contributed by atoms with Crippen molar-refractivity contribution < 1.29 is 19.1 Å². The predicted molar refractivity (Wildman–Crippen MR) is 96.8 cm³/mol. The summed E-state index contributed by atoms with van der Waals surface area (Å²) in [5.41, 5.74) is 0.846. The summed E-state index contributed by atoms with van der Waals surface area (Å²) in [4.78, 5) is 39.1. The van der Waals surface area contributed by atoms with Crippen LogP contribution in [0.15, 0.2) is 41.5 Å². The zero-order valence-corrected chi connectivity index (χ0v) is 14.8. The number of nitrogens with one attached hydrogen (secondary N) is 2. The van der Waals surface area contributed by atoms with Crippen molar-refractivity contribution >= 4 is 29.9 Å². The summed E-state index contributed by atoms with van der Waals surface area (Å²) >= 11 is 0. The van der Waals surface area contributed by atoms with Crippen LogP contribution in [0.5, 0.6) is 0 Å². The maximum atomic E-state index is 13.0. The van der Waals surface area contributed by atoms with Gasteiger partial charge in [-0.15, -0.1) is 12.4 Å². The molecule has 0 aliphatic carbocycles. The van der Waals surface area contributed by atoms with Gasteiger partial charge in [0, 0.05) is 11.8 Å². The van der Waals surface area contributed by atoms with E-state index in [-0.39, 0.29) is 29.4 Å². The average molecular weight is 395 g/mol. The Morgan fingerprint density at radius 3 is 2.59 bits per heavy atom. The highest BCUT2D eigenvalue weighted by Crippen LogP contribution is 2.11. The van der Waals surface area contributed by atoms with Crippen LogP contribution in [-0.4, -0.2) is 38.1 Å². The van der Waals surface area contributed by atoms with E-state index in [1.165, 1.54) is 29.0 Å². The minimum absolute atomic E-state index is 0. The van der Waals surface area contributed by atoms with E-state index in [0.717, 1.165) is 5.56 Å². The fraction of sp³-hybridized carbons (Fsp3) is 0.176. The molecule has 0 aliphatic rings. The number of benzene rings is 1. The monoisotopic (exact) mass is 394 g/mol. The number of carbonyl (C=O) groups is 2. The van der Waals surface area contributed by atoms with E-state index in [0.29, 0.717) is 18.5 Å². The van der Waals surface area contributed by atoms with Crippen LogP contribution in [0.25, 0.3) is 5.65 Å². The summed E-state index contributed by atoms with van der Waals surface area (Å²) in [5.74, 6) is -2.34. The van der Waals surface area contributed by atoms with Gasteiger partial charge in [0.2, 0.25) is 0 Å². The number of hydrogen-bond donors (Lipinski definition) is 3. The number of hydrogen-bond acceptors (Lipinski definition) is 4. The lowest BCUT2D eigenvalue weighted by atomic mass is 10.1. The molecule has 1 amide bonds. The number of halogens is 2. The highest BCUT2D eigenvalue weighted by molar-refractivity contribution is 6.00. The number of carboxylic acids is 1. The van der Waals surface area contributed by atoms with Crippen LogP contribution < -0.4 is 10.7 Å². The maximum absolute atomic E-state index is 13.0. The number of nitrogens with zero attached hydrogens (tertiary/aromatic N) is 2. The van der Waals surface area contributed by atoms with Crippen LogP contribution >= 0.6 is 12.4 Å². The number of amides is 1. The van der Waals surface area contributed by atoms with E-state index < -0.39 is 23.9 Å². The van der Waals surface area contributed by atoms with Gasteiger partial charge in [0.25, 0.3) is 5.91 Å². The molecule has 0 saturated heterocycles. The predicted octanol–water partition coefficient (Wildman–Crippen LogP) is 1.18. The molecule has 8 nitrogen and oxygen atoms in total. The van der Waals surface area contributed by atoms with E-state index in [1.807, 2.05) is 0 Å². The van der Waals surface area contributed by atoms with Crippen molar-refractivity contribution in [3.8, 4) is 0 Å². The van der Waals surface area contributed by atoms with Gasteiger partial charge in [0.1, 0.15) is 24.3 Å². The minimum Gasteiger partial charge on any atom is -0.480 e. The molecule has 0 radical (unpaired) electrons. The van der Waals surface area contributed by atoms with E-state index >= 15 is 0 Å². The number of rotatable bonds is 6. The summed E-state index contributed by atoms with van der Waals surface area (Å²) < 4.78 is 14.5. The third kappa shape index (κ3) is 4.50. The lowest BCUT2D eigenvalue weighted by molar-refractivity contribution is -0.135. The SMILES string of the molecule is Cl.O=C(O)CNC(=O)c1c(=O)cc(CCc2ccc(F)cc2)n2[nH]cnc12. The standard InChI is InChI=1S/C17H15FN4O4.ClH/c18-11-4-1-10(2-5-11)3-6-12-7-13(23)15(16-20-9-21-22(12)16)17(26)19-8-14(24)25;/h1-2,4-5,7,9H,3,6,8H2,(H,19,26)(H,20,21)(H,24,25);1H. The van der Waals surface area contributed by atoms with Crippen LogP contribution in [0, 0.1) is 5.82 Å². The maximum Gasteiger partial charge on any atom is 0.322 e. The van der Waals surface area contributed by atoms with E-state index in [9.17, 15) is 18.8 Å². The zero-order valence-electron chi connectivity index (χ0n) is 13.9. The molecule has 142 valence electrons. The summed E-state index contributed by atoms with van der Waals surface area (Å²) in [5, 5.41) is 13.6. The average Bonchev–Trinajstić information content (AvgIpc) is 3.08. The number of pyridine rings is 1. The summed E-state index contributed by atoms with van der Waals surface area (Å²) in [6.07, 6.45) is 2.36. The second-order valence-corrected chi connectivity index (χ2v) is 5.62. The van der Waals surface area contributed by atoms with Gasteiger partial charge in [-0.05, 0) is 30.5 Å². The topological polar surface area (TPSA) is 117 Å². The second-order valence-electron chi connectivity index (χ2n) is 5.62. The summed E-state index contributed by atoms with van der Waals surface area (Å²) in [7, 11) is 0. The smallest absolute Gasteiger partial charge is 0.322 e. The Hall–Kier alpha value is -3.20. The lowest BCUT2D eigenvalue weighted by Crippen LogP contribution is -2.33. The van der Waals surface area contributed by atoms with Crippen LogP contribution in [0.2, 0.25) is 0 Å². The summed E-state index contributed by atoms with van der Waals surface area (Å²) in [6, 6.07) is 7.36. The Bertz CT molecular complexity index is 1030. The third-order valence-corrected chi connectivity index (χ3v) is 3.85. The number of aryl methyl sites for hydroxylation is 2. The number of carbonyl (C=O) groups excluding carboxylic acids is 1. The molecular weight excluding hydrogens is 379 g/mol. The first-order chi connectivity index (χ1) is 12.5. The van der Waals surface area contributed by atoms with Crippen LogP contribution in [0.4, 0.5) is 4.39 Å². The molecule has 27 heavy (non-hydrogen) atoms. The van der Waals surface area contributed by atoms with Crippen molar-refractivity contribution in [2.24, 2.45) is 0 Å². The van der Waals surface area contributed by atoms with Crippen molar-refractivity contribution in [2.45, 2.75) is 12.8 Å². The highest BCUT2D eigenvalue weighted by Gasteiger charge is 2.19. The second kappa shape index (κ2) is 8.45. The largest absolute Gasteiger partial charge is 0.480 e. The Balaban J connectivity index is 0.00000261. The van der Waals surface area contributed by atoms with Gasteiger partial charge in [-0.25, -0.2) is 13.9 Å². The van der Waals surface area contributed by atoms with Crippen molar-refractivity contribution in [3.63, 3.8) is 0 Å². The number of fused-ring (bicyclic) bond motifs is 1. The van der Waals surface area contributed by atoms with E-state index in [2.05, 4.69) is 15.4 Å². The van der Waals surface area contributed by atoms with Crippen LogP contribution in [0.1, 0.15) is 21.6 Å². The first kappa shape index (κ1) is 20.1. The van der Waals surface area contributed by atoms with E-state index in [4.69, 9.17) is 5.11 Å². The molecule has 10 heteroatoms. The van der Waals surface area contributed by atoms with Gasteiger partial charge >= 0.3 is 5.97 Å². The number of aromatic nitrogens is 3. The minimum atomic E-state index is -1.22. The molecule has 3 N–H and O–H groups in total. The first-order valence-corrected chi connectivity index (χ1v) is 7.78. The Kier molecular flexibility index (Phi) is 6.30. The quantitative estimate of drug-likeness (QED) is 0.580. The van der Waals surface area contributed by atoms with Crippen molar-refractivity contribution in [1.82, 2.24) is 19.9 Å². The number of carboxylic acid groups (broad SMARTS) is 1. The van der Waals surface area contributed by atoms with Crippen molar-refractivity contribution in [2.75, 3.05) is 6.54 Å². The number of aliphatic carboxylic acids is 1. The van der Waals surface area contributed by atoms with Gasteiger partial charge < -0.3 is 10.4 Å². The lowest BCUT2D eigenvalue weighted by Gasteiger charge is -2.08. The van der Waals surface area contributed by atoms with Gasteiger partial charge in [0.15, 0.2) is 11.1 Å². The highest BCUT2D eigenvalue weighted by atomic mass is 35.5. The summed E-state index contributed by atoms with van der Waals surface area (Å²) in [6.45, 7) is -0.596. The molecule has 0 aliphatic heterocycles. The molecule has 0 atom stereocenters. The number of aromatic amines is 1. The van der Waals surface area contributed by atoms with E-state index in [1.54, 1.807) is 12.1 Å². The number of H-pyrrole nitrogens is 1. The van der Waals surface area contributed by atoms with Gasteiger partial charge in [0.05, 0.1) is 0 Å². The molecule has 3 rings (SSSR count). The fourth-order valence-electron chi connectivity index (χ4n) is 2.63. The molecule has 2 aromatic heterocycles. The Morgan fingerprint density at radius 2 is 1.93 bits per heavy atom. The molecular formula is C17H16ClFN4O4. The zero-order chi connectivity index (χ0) is 18.7. The van der Waals surface area contributed by atoms with Crippen LogP contribution in [0.3, 0.4) is 0 Å². The molecule has 0 spiro atoms. The Morgan fingerprint density at radius 1 is 1.22 bits per heavy atom. The molecule has 0 saturated carbocycles. The molecule has 2 heterocycles. The molecule has 1 aromatic carbocycles. The molecule has 0 unspecified atom stereocenters. The fourth-order valence-corrected chi connectivity index (χ4v) is 2.63. The van der Waals surface area contributed by atoms with Crippen LogP contribution in [-0.2, 0) is 17.6 Å². The third-order valence-electron chi connectivity index (χ3n) is 3.85. The van der Waals surface area contributed by atoms with Crippen molar-refractivity contribution in [1.29, 1.82) is 0 Å². The molecule has 0 fully saturated rings. The van der Waals surface area contributed by atoms with Gasteiger partial charge in [-0.3, -0.25) is 19.5 Å². The molecule has 0 bridgehead atoms. The normalized spacial score (nSPS) is 10.4. The van der Waals surface area contributed by atoms with Gasteiger partial charge in [-0.1, -0.05) is 12.1 Å². The Labute approximate surface area is 158 Å². The molecule has 3 aromatic rings. The first-order valence-electron chi connectivity index (χ1n) is 7.78. The van der Waals surface area contributed by atoms with Crippen molar-refractivity contribution in [3.05, 3.63) is 69.5 Å². The van der Waals surface area contributed by atoms with Gasteiger partial charge in [-0.2, -0.15) is 0 Å².